The molecular formula is C14H14ClN3OS. The lowest BCUT2D eigenvalue weighted by Crippen LogP contribution is -2.17. The van der Waals surface area contributed by atoms with Gasteiger partial charge in [-0.25, -0.2) is 0 Å². The van der Waals surface area contributed by atoms with Crippen LogP contribution in [0.4, 0.5) is 5.82 Å². The van der Waals surface area contributed by atoms with Gasteiger partial charge in [-0.15, -0.1) is 0 Å². The normalized spacial score (nSPS) is 13.3. The first-order chi connectivity index (χ1) is 9.63. The van der Waals surface area contributed by atoms with E-state index >= 15 is 0 Å². The lowest BCUT2D eigenvalue weighted by atomic mass is 10.1. The van der Waals surface area contributed by atoms with Crippen molar-refractivity contribution >= 4 is 35.1 Å². The maximum Gasteiger partial charge on any atom is 0.229 e. The van der Waals surface area contributed by atoms with Crippen molar-refractivity contribution in [2.24, 2.45) is 7.05 Å². The molecule has 20 heavy (non-hydrogen) atoms. The minimum Gasteiger partial charge on any atom is -0.310 e. The van der Waals surface area contributed by atoms with Gasteiger partial charge in [-0.1, -0.05) is 23.7 Å². The smallest absolute Gasteiger partial charge is 0.229 e. The third kappa shape index (κ3) is 2.69. The molecule has 104 valence electrons. The van der Waals surface area contributed by atoms with Crippen molar-refractivity contribution in [3.63, 3.8) is 0 Å². The number of thioether (sulfide) groups is 1. The van der Waals surface area contributed by atoms with Crippen LogP contribution in [-0.4, -0.2) is 15.7 Å². The Morgan fingerprint density at radius 1 is 1.40 bits per heavy atom. The summed E-state index contributed by atoms with van der Waals surface area (Å²) in [5.74, 6) is 2.63. The summed E-state index contributed by atoms with van der Waals surface area (Å²) in [7, 11) is 1.86. The lowest BCUT2D eigenvalue weighted by molar-refractivity contribution is -0.115. The highest BCUT2D eigenvalue weighted by molar-refractivity contribution is 7.98. The van der Waals surface area contributed by atoms with Crippen LogP contribution < -0.4 is 5.32 Å². The Bertz CT molecular complexity index is 651. The van der Waals surface area contributed by atoms with Crippen LogP contribution >= 0.6 is 23.4 Å². The first-order valence-electron chi connectivity index (χ1n) is 6.30. The van der Waals surface area contributed by atoms with E-state index in [1.807, 2.05) is 30.9 Å². The van der Waals surface area contributed by atoms with Crippen molar-refractivity contribution < 1.29 is 4.79 Å². The molecule has 1 amide bonds. The molecule has 0 fully saturated rings. The molecule has 0 atom stereocenters. The highest BCUT2D eigenvalue weighted by atomic mass is 35.5. The SMILES string of the molecule is Cn1nc2c(c1NC(=O)Cc1ccc(Cl)cc1)CSC2. The fraction of sp³-hybridized carbons (Fsp3) is 0.286. The van der Waals surface area contributed by atoms with Gasteiger partial charge in [-0.3, -0.25) is 9.48 Å². The molecule has 0 saturated carbocycles. The van der Waals surface area contributed by atoms with Gasteiger partial charge in [0.2, 0.25) is 5.91 Å². The topological polar surface area (TPSA) is 46.9 Å². The average Bonchev–Trinajstić information content (AvgIpc) is 2.96. The summed E-state index contributed by atoms with van der Waals surface area (Å²) in [6.07, 6.45) is 0.338. The summed E-state index contributed by atoms with van der Waals surface area (Å²) in [4.78, 5) is 12.1. The fourth-order valence-electron chi connectivity index (χ4n) is 2.26. The molecule has 0 radical (unpaired) electrons. The zero-order valence-electron chi connectivity index (χ0n) is 11.0. The number of aryl methyl sites for hydroxylation is 1. The maximum atomic E-state index is 12.1. The zero-order chi connectivity index (χ0) is 14.1. The molecular weight excluding hydrogens is 294 g/mol. The van der Waals surface area contributed by atoms with Crippen LogP contribution in [0.25, 0.3) is 0 Å². The first-order valence-corrected chi connectivity index (χ1v) is 7.83. The van der Waals surface area contributed by atoms with Gasteiger partial charge in [-0.05, 0) is 17.7 Å². The van der Waals surface area contributed by atoms with Crippen molar-refractivity contribution in [2.45, 2.75) is 17.9 Å². The van der Waals surface area contributed by atoms with E-state index in [1.165, 1.54) is 0 Å². The monoisotopic (exact) mass is 307 g/mol. The van der Waals surface area contributed by atoms with Gasteiger partial charge in [-0.2, -0.15) is 16.9 Å². The summed E-state index contributed by atoms with van der Waals surface area (Å²) < 4.78 is 1.75. The van der Waals surface area contributed by atoms with E-state index in [4.69, 9.17) is 11.6 Å². The van der Waals surface area contributed by atoms with Gasteiger partial charge in [0, 0.05) is 29.1 Å². The van der Waals surface area contributed by atoms with Gasteiger partial charge in [0.1, 0.15) is 5.82 Å². The predicted octanol–water partition coefficient (Wildman–Crippen LogP) is 3.00. The molecule has 0 aliphatic carbocycles. The summed E-state index contributed by atoms with van der Waals surface area (Å²) in [6.45, 7) is 0. The molecule has 3 rings (SSSR count). The highest BCUT2D eigenvalue weighted by Gasteiger charge is 2.22. The Kier molecular flexibility index (Phi) is 3.72. The fourth-order valence-corrected chi connectivity index (χ4v) is 3.42. The van der Waals surface area contributed by atoms with Crippen LogP contribution in [0, 0.1) is 0 Å². The number of hydrogen-bond donors (Lipinski definition) is 1. The van der Waals surface area contributed by atoms with Gasteiger partial charge < -0.3 is 5.32 Å². The quantitative estimate of drug-likeness (QED) is 0.948. The summed E-state index contributed by atoms with van der Waals surface area (Å²) in [5, 5.41) is 8.07. The molecule has 1 N–H and O–H groups in total. The molecule has 6 heteroatoms. The minimum absolute atomic E-state index is 0.0324. The Balaban J connectivity index is 1.72. The van der Waals surface area contributed by atoms with E-state index in [1.54, 1.807) is 16.8 Å². The number of rotatable bonds is 3. The van der Waals surface area contributed by atoms with Crippen LogP contribution in [0.15, 0.2) is 24.3 Å². The van der Waals surface area contributed by atoms with E-state index in [0.717, 1.165) is 34.1 Å². The number of fused-ring (bicyclic) bond motifs is 1. The Labute approximate surface area is 126 Å². The Morgan fingerprint density at radius 2 is 2.15 bits per heavy atom. The number of carbonyl (C=O) groups excluding carboxylic acids is 1. The third-order valence-electron chi connectivity index (χ3n) is 3.25. The molecule has 1 aliphatic heterocycles. The standard InChI is InChI=1S/C14H14ClN3OS/c1-18-14(11-7-20-8-12(11)17-18)16-13(19)6-9-2-4-10(15)5-3-9/h2-5H,6-8H2,1H3,(H,16,19). The number of amides is 1. The lowest BCUT2D eigenvalue weighted by Gasteiger charge is -2.07. The molecule has 2 aromatic rings. The molecule has 4 nitrogen and oxygen atoms in total. The van der Waals surface area contributed by atoms with Gasteiger partial charge in [0.25, 0.3) is 0 Å². The number of carbonyl (C=O) groups is 1. The van der Waals surface area contributed by atoms with E-state index in [9.17, 15) is 4.79 Å². The van der Waals surface area contributed by atoms with Gasteiger partial charge >= 0.3 is 0 Å². The molecule has 0 bridgehead atoms. The molecule has 0 saturated heterocycles. The van der Waals surface area contributed by atoms with Crippen LogP contribution in [-0.2, 0) is 29.8 Å². The van der Waals surface area contributed by atoms with Crippen LogP contribution in [0.1, 0.15) is 16.8 Å². The second-order valence-corrected chi connectivity index (χ2v) is 6.16. The number of nitrogens with zero attached hydrogens (tertiary/aromatic N) is 2. The van der Waals surface area contributed by atoms with Crippen molar-refractivity contribution in [1.82, 2.24) is 9.78 Å². The Morgan fingerprint density at radius 3 is 2.90 bits per heavy atom. The average molecular weight is 308 g/mol. The largest absolute Gasteiger partial charge is 0.310 e. The van der Waals surface area contributed by atoms with Crippen molar-refractivity contribution in [3.8, 4) is 0 Å². The molecule has 2 heterocycles. The number of nitrogens with one attached hydrogen (secondary N) is 1. The number of hydrogen-bond acceptors (Lipinski definition) is 3. The number of halogens is 1. The summed E-state index contributed by atoms with van der Waals surface area (Å²) >= 11 is 7.66. The predicted molar refractivity (Wildman–Crippen MR) is 82.0 cm³/mol. The first kappa shape index (κ1) is 13.5. The Hall–Kier alpha value is -1.46. The van der Waals surface area contributed by atoms with Gasteiger partial charge in [0.05, 0.1) is 12.1 Å². The van der Waals surface area contributed by atoms with E-state index in [2.05, 4.69) is 10.4 Å². The van der Waals surface area contributed by atoms with Crippen LogP contribution in [0.3, 0.4) is 0 Å². The van der Waals surface area contributed by atoms with Crippen molar-refractivity contribution in [1.29, 1.82) is 0 Å². The van der Waals surface area contributed by atoms with Crippen molar-refractivity contribution in [2.75, 3.05) is 5.32 Å². The second-order valence-electron chi connectivity index (χ2n) is 4.74. The molecule has 0 spiro atoms. The van der Waals surface area contributed by atoms with E-state index in [0.29, 0.717) is 11.4 Å². The van der Waals surface area contributed by atoms with Crippen molar-refractivity contribution in [3.05, 3.63) is 46.1 Å². The van der Waals surface area contributed by atoms with Crippen LogP contribution in [0.5, 0.6) is 0 Å². The third-order valence-corrected chi connectivity index (χ3v) is 4.47. The van der Waals surface area contributed by atoms with E-state index in [-0.39, 0.29) is 5.91 Å². The van der Waals surface area contributed by atoms with E-state index < -0.39 is 0 Å². The molecule has 1 aromatic carbocycles. The number of benzene rings is 1. The van der Waals surface area contributed by atoms with Crippen LogP contribution in [0.2, 0.25) is 5.02 Å². The number of anilines is 1. The molecule has 1 aromatic heterocycles. The zero-order valence-corrected chi connectivity index (χ0v) is 12.6. The molecule has 0 unspecified atom stereocenters. The van der Waals surface area contributed by atoms with Gasteiger partial charge in [0.15, 0.2) is 0 Å². The summed E-state index contributed by atoms with van der Waals surface area (Å²) in [5.41, 5.74) is 3.18. The summed E-state index contributed by atoms with van der Waals surface area (Å²) in [6, 6.07) is 7.32. The molecule has 1 aliphatic rings. The second kappa shape index (κ2) is 5.50. The minimum atomic E-state index is -0.0324. The maximum absolute atomic E-state index is 12.1. The number of aromatic nitrogens is 2. The highest BCUT2D eigenvalue weighted by Crippen LogP contribution is 2.34.